The minimum Gasteiger partial charge on any atom is -0.492 e. The summed E-state index contributed by atoms with van der Waals surface area (Å²) in [4.78, 5) is 8.65. The van der Waals surface area contributed by atoms with Gasteiger partial charge in [0, 0.05) is 6.54 Å². The van der Waals surface area contributed by atoms with Crippen molar-refractivity contribution in [3.8, 4) is 5.75 Å². The summed E-state index contributed by atoms with van der Waals surface area (Å²) in [5.74, 6) is 1.65. The number of aromatic nitrogens is 3. The van der Waals surface area contributed by atoms with Gasteiger partial charge in [-0.2, -0.15) is 5.10 Å². The quantitative estimate of drug-likeness (QED) is 0.340. The number of ether oxygens (including phenoxy) is 1. The molecule has 0 fully saturated rings. The lowest BCUT2D eigenvalue weighted by atomic mass is 10.1. The molecule has 3 rings (SSSR count). The van der Waals surface area contributed by atoms with Gasteiger partial charge in [-0.3, -0.25) is 0 Å². The van der Waals surface area contributed by atoms with Gasteiger partial charge >= 0.3 is 0 Å². The molecule has 0 bridgehead atoms. The summed E-state index contributed by atoms with van der Waals surface area (Å²) in [5.41, 5.74) is 2.32. The summed E-state index contributed by atoms with van der Waals surface area (Å²) in [6, 6.07) is 18.2. The van der Waals surface area contributed by atoms with Crippen molar-refractivity contribution in [1.29, 1.82) is 0 Å². The lowest BCUT2D eigenvalue weighted by molar-refractivity contribution is 0.322. The van der Waals surface area contributed by atoms with Crippen LogP contribution in [-0.2, 0) is 13.1 Å². The first-order chi connectivity index (χ1) is 13.8. The molecule has 0 aliphatic carbocycles. The Balaban J connectivity index is 1.50. The first-order valence-electron chi connectivity index (χ1n) is 9.44. The molecule has 0 unspecified atom stereocenters. The summed E-state index contributed by atoms with van der Waals surface area (Å²) in [7, 11) is 0. The minimum absolute atomic E-state index is 0.571. The number of nitrogens with zero attached hydrogens (tertiary/aromatic N) is 4. The maximum atomic E-state index is 5.70. The predicted molar refractivity (Wildman–Crippen MR) is 110 cm³/mol. The Morgan fingerprint density at radius 1 is 1.07 bits per heavy atom. The van der Waals surface area contributed by atoms with Crippen LogP contribution in [0.1, 0.15) is 18.1 Å². The second kappa shape index (κ2) is 10.7. The molecule has 0 aliphatic heterocycles. The number of nitrogens with one attached hydrogen (secondary N) is 2. The van der Waals surface area contributed by atoms with Crippen molar-refractivity contribution in [2.24, 2.45) is 4.99 Å². The Hall–Kier alpha value is -3.35. The Bertz CT molecular complexity index is 848. The van der Waals surface area contributed by atoms with Gasteiger partial charge in [0.25, 0.3) is 0 Å². The summed E-state index contributed by atoms with van der Waals surface area (Å²) in [5, 5.41) is 10.7. The molecule has 2 aromatic carbocycles. The molecule has 0 spiro atoms. The molecule has 7 nitrogen and oxygen atoms in total. The molecule has 146 valence electrons. The average Bonchev–Trinajstić information content (AvgIpc) is 3.23. The number of benzene rings is 2. The second-order valence-electron chi connectivity index (χ2n) is 6.20. The highest BCUT2D eigenvalue weighted by molar-refractivity contribution is 5.79. The fourth-order valence-electron chi connectivity index (χ4n) is 2.69. The van der Waals surface area contributed by atoms with Gasteiger partial charge in [-0.05, 0) is 30.2 Å². The molecule has 0 atom stereocenters. The van der Waals surface area contributed by atoms with E-state index in [-0.39, 0.29) is 0 Å². The van der Waals surface area contributed by atoms with E-state index >= 15 is 0 Å². The number of aliphatic imine (C=N–C) groups is 1. The summed E-state index contributed by atoms with van der Waals surface area (Å²) < 4.78 is 7.51. The van der Waals surface area contributed by atoms with Crippen LogP contribution in [-0.4, -0.2) is 40.4 Å². The average molecular weight is 378 g/mol. The van der Waals surface area contributed by atoms with E-state index in [1.165, 1.54) is 5.56 Å². The van der Waals surface area contributed by atoms with Gasteiger partial charge in [0.05, 0.1) is 19.6 Å². The maximum absolute atomic E-state index is 5.70. The van der Waals surface area contributed by atoms with Crippen LogP contribution in [0.2, 0.25) is 0 Å². The number of guanidine groups is 1. The van der Waals surface area contributed by atoms with E-state index in [0.29, 0.717) is 26.2 Å². The normalized spacial score (nSPS) is 11.2. The summed E-state index contributed by atoms with van der Waals surface area (Å²) >= 11 is 0. The molecule has 0 amide bonds. The van der Waals surface area contributed by atoms with Crippen molar-refractivity contribution < 1.29 is 4.74 Å². The van der Waals surface area contributed by atoms with Gasteiger partial charge in [-0.25, -0.2) is 14.7 Å². The van der Waals surface area contributed by atoms with Crippen molar-refractivity contribution in [1.82, 2.24) is 25.4 Å². The zero-order valence-electron chi connectivity index (χ0n) is 16.1. The van der Waals surface area contributed by atoms with E-state index in [9.17, 15) is 0 Å². The monoisotopic (exact) mass is 378 g/mol. The molecule has 0 saturated carbocycles. The van der Waals surface area contributed by atoms with E-state index in [1.54, 1.807) is 17.3 Å². The van der Waals surface area contributed by atoms with Crippen molar-refractivity contribution in [2.75, 3.05) is 19.7 Å². The zero-order chi connectivity index (χ0) is 19.4. The van der Waals surface area contributed by atoms with Crippen LogP contribution >= 0.6 is 0 Å². The van der Waals surface area contributed by atoms with Gasteiger partial charge in [0.1, 0.15) is 25.0 Å². The van der Waals surface area contributed by atoms with Crippen molar-refractivity contribution in [3.05, 3.63) is 78.4 Å². The minimum atomic E-state index is 0.571. The standard InChI is InChI=1S/C21H26N6O/c1-2-23-21(24-11-12-28-20-9-4-3-5-10-20)25-14-18-7-6-8-19(13-18)15-27-17-22-16-26-27/h3-10,13,16-17H,2,11-12,14-15H2,1H3,(H2,23,24,25). The van der Waals surface area contributed by atoms with Crippen molar-refractivity contribution >= 4 is 5.96 Å². The smallest absolute Gasteiger partial charge is 0.191 e. The fraction of sp³-hybridized carbons (Fsp3) is 0.286. The van der Waals surface area contributed by atoms with Crippen LogP contribution in [0.5, 0.6) is 5.75 Å². The molecule has 0 saturated heterocycles. The Labute approximate surface area is 165 Å². The fourth-order valence-corrected chi connectivity index (χ4v) is 2.69. The van der Waals surface area contributed by atoms with Crippen LogP contribution in [0.15, 0.2) is 72.2 Å². The molecule has 28 heavy (non-hydrogen) atoms. The highest BCUT2D eigenvalue weighted by Gasteiger charge is 2.01. The Kier molecular flexibility index (Phi) is 7.43. The second-order valence-corrected chi connectivity index (χ2v) is 6.20. The van der Waals surface area contributed by atoms with Gasteiger partial charge in [-0.1, -0.05) is 42.5 Å². The number of para-hydroxylation sites is 1. The van der Waals surface area contributed by atoms with Crippen LogP contribution in [0.3, 0.4) is 0 Å². The van der Waals surface area contributed by atoms with E-state index in [1.807, 2.05) is 36.4 Å². The van der Waals surface area contributed by atoms with E-state index in [2.05, 4.69) is 50.8 Å². The Morgan fingerprint density at radius 2 is 1.93 bits per heavy atom. The Morgan fingerprint density at radius 3 is 2.71 bits per heavy atom. The molecular weight excluding hydrogens is 352 g/mol. The highest BCUT2D eigenvalue weighted by Crippen LogP contribution is 2.08. The van der Waals surface area contributed by atoms with Crippen molar-refractivity contribution in [3.63, 3.8) is 0 Å². The summed E-state index contributed by atoms with van der Waals surface area (Å²) in [6.45, 7) is 5.40. The number of hydrogen-bond acceptors (Lipinski definition) is 4. The van der Waals surface area contributed by atoms with Crippen LogP contribution in [0.4, 0.5) is 0 Å². The van der Waals surface area contributed by atoms with Crippen LogP contribution < -0.4 is 15.4 Å². The molecule has 0 radical (unpaired) electrons. The molecule has 1 aromatic heterocycles. The lowest BCUT2D eigenvalue weighted by Gasteiger charge is -2.12. The van der Waals surface area contributed by atoms with Gasteiger partial charge in [0.15, 0.2) is 5.96 Å². The zero-order valence-corrected chi connectivity index (χ0v) is 16.1. The van der Waals surface area contributed by atoms with Gasteiger partial charge in [-0.15, -0.1) is 0 Å². The first-order valence-corrected chi connectivity index (χ1v) is 9.44. The van der Waals surface area contributed by atoms with E-state index in [0.717, 1.165) is 23.8 Å². The third-order valence-electron chi connectivity index (χ3n) is 3.97. The van der Waals surface area contributed by atoms with Gasteiger partial charge < -0.3 is 15.4 Å². The molecule has 7 heteroatoms. The largest absolute Gasteiger partial charge is 0.492 e. The molecule has 2 N–H and O–H groups in total. The third kappa shape index (κ3) is 6.42. The molecule has 3 aromatic rings. The third-order valence-corrected chi connectivity index (χ3v) is 3.97. The van der Waals surface area contributed by atoms with E-state index in [4.69, 9.17) is 4.74 Å². The number of rotatable bonds is 9. The van der Waals surface area contributed by atoms with Crippen LogP contribution in [0.25, 0.3) is 0 Å². The topological polar surface area (TPSA) is 76.4 Å². The van der Waals surface area contributed by atoms with Crippen LogP contribution in [0, 0.1) is 0 Å². The molecular formula is C21H26N6O. The first kappa shape index (κ1) is 19.4. The lowest BCUT2D eigenvalue weighted by Crippen LogP contribution is -2.39. The molecule has 0 aliphatic rings. The predicted octanol–water partition coefficient (Wildman–Crippen LogP) is 2.46. The van der Waals surface area contributed by atoms with Crippen molar-refractivity contribution in [2.45, 2.75) is 20.0 Å². The maximum Gasteiger partial charge on any atom is 0.191 e. The van der Waals surface area contributed by atoms with E-state index < -0.39 is 0 Å². The van der Waals surface area contributed by atoms with Gasteiger partial charge in [0.2, 0.25) is 0 Å². The number of hydrogen-bond donors (Lipinski definition) is 2. The SMILES string of the molecule is CCNC(=NCc1cccc(Cn2cncn2)c1)NCCOc1ccccc1. The highest BCUT2D eigenvalue weighted by atomic mass is 16.5. The summed E-state index contributed by atoms with van der Waals surface area (Å²) in [6.07, 6.45) is 3.26. The molecule has 1 heterocycles.